The highest BCUT2D eigenvalue weighted by Crippen LogP contribution is 2.35. The van der Waals surface area contributed by atoms with E-state index in [9.17, 15) is 0 Å². The van der Waals surface area contributed by atoms with Gasteiger partial charge in [-0.3, -0.25) is 0 Å². The molecule has 1 aromatic carbocycles. The van der Waals surface area contributed by atoms with Crippen molar-refractivity contribution in [3.63, 3.8) is 0 Å². The minimum Gasteiger partial charge on any atom is -0.381 e. The molecule has 3 nitrogen and oxygen atoms in total. The third-order valence-electron chi connectivity index (χ3n) is 5.08. The fourth-order valence-electron chi connectivity index (χ4n) is 3.94. The molecule has 1 aromatic rings. The van der Waals surface area contributed by atoms with Gasteiger partial charge >= 0.3 is 0 Å². The van der Waals surface area contributed by atoms with Gasteiger partial charge in [-0.1, -0.05) is 17.7 Å². The SMILES string of the molecule is CNCC1(CN2CCCc3cc(C)ccc32)CCOCC1. The van der Waals surface area contributed by atoms with Crippen LogP contribution in [0.2, 0.25) is 0 Å². The Labute approximate surface area is 128 Å². The van der Waals surface area contributed by atoms with E-state index in [-0.39, 0.29) is 0 Å². The predicted octanol–water partition coefficient (Wildman–Crippen LogP) is 2.76. The van der Waals surface area contributed by atoms with E-state index in [1.165, 1.54) is 49.0 Å². The van der Waals surface area contributed by atoms with Crippen molar-refractivity contribution in [1.82, 2.24) is 5.32 Å². The molecule has 3 heteroatoms. The van der Waals surface area contributed by atoms with E-state index >= 15 is 0 Å². The molecular formula is C18H28N2O. The number of ether oxygens (including phenoxy) is 1. The zero-order valence-electron chi connectivity index (χ0n) is 13.5. The Kier molecular flexibility index (Phi) is 4.51. The predicted molar refractivity (Wildman–Crippen MR) is 88.1 cm³/mol. The van der Waals surface area contributed by atoms with Crippen LogP contribution in [0.25, 0.3) is 0 Å². The van der Waals surface area contributed by atoms with Gasteiger partial charge in [-0.15, -0.1) is 0 Å². The second kappa shape index (κ2) is 6.37. The zero-order valence-corrected chi connectivity index (χ0v) is 13.5. The molecule has 0 radical (unpaired) electrons. The lowest BCUT2D eigenvalue weighted by Gasteiger charge is -2.43. The molecule has 0 spiro atoms. The monoisotopic (exact) mass is 288 g/mol. The average molecular weight is 288 g/mol. The van der Waals surface area contributed by atoms with E-state index in [0.29, 0.717) is 5.41 Å². The van der Waals surface area contributed by atoms with Crippen molar-refractivity contribution in [1.29, 1.82) is 0 Å². The third kappa shape index (κ3) is 3.24. The molecule has 2 heterocycles. The van der Waals surface area contributed by atoms with Crippen LogP contribution in [0.1, 0.15) is 30.4 Å². The van der Waals surface area contributed by atoms with E-state index in [0.717, 1.165) is 26.3 Å². The Bertz CT molecular complexity index is 475. The topological polar surface area (TPSA) is 24.5 Å². The number of nitrogens with zero attached hydrogens (tertiary/aromatic N) is 1. The van der Waals surface area contributed by atoms with Crippen LogP contribution in [-0.2, 0) is 11.2 Å². The molecule has 1 saturated heterocycles. The smallest absolute Gasteiger partial charge is 0.0472 e. The van der Waals surface area contributed by atoms with Crippen molar-refractivity contribution >= 4 is 5.69 Å². The van der Waals surface area contributed by atoms with Crippen LogP contribution in [0.5, 0.6) is 0 Å². The van der Waals surface area contributed by atoms with Gasteiger partial charge < -0.3 is 15.0 Å². The van der Waals surface area contributed by atoms with Crippen molar-refractivity contribution in [2.45, 2.75) is 32.6 Å². The minimum atomic E-state index is 0.368. The highest BCUT2D eigenvalue weighted by Gasteiger charge is 2.35. The standard InChI is InChI=1S/C18H28N2O/c1-15-5-6-17-16(12-15)4-3-9-20(17)14-18(13-19-2)7-10-21-11-8-18/h5-6,12,19H,3-4,7-11,13-14H2,1-2H3. The summed E-state index contributed by atoms with van der Waals surface area (Å²) in [6.07, 6.45) is 4.86. The Hall–Kier alpha value is -1.06. The summed E-state index contributed by atoms with van der Waals surface area (Å²) in [7, 11) is 2.07. The fraction of sp³-hybridized carbons (Fsp3) is 0.667. The molecule has 0 atom stereocenters. The normalized spacial score (nSPS) is 21.1. The van der Waals surface area contributed by atoms with Crippen LogP contribution in [0.4, 0.5) is 5.69 Å². The molecule has 21 heavy (non-hydrogen) atoms. The lowest BCUT2D eigenvalue weighted by Crippen LogP contribution is -2.48. The van der Waals surface area contributed by atoms with Gasteiger partial charge in [-0.05, 0) is 51.3 Å². The highest BCUT2D eigenvalue weighted by atomic mass is 16.5. The number of hydrogen-bond acceptors (Lipinski definition) is 3. The summed E-state index contributed by atoms with van der Waals surface area (Å²) in [6, 6.07) is 6.96. The summed E-state index contributed by atoms with van der Waals surface area (Å²) in [6.45, 7) is 7.47. The number of rotatable bonds is 4. The van der Waals surface area contributed by atoms with Gasteiger partial charge in [0.15, 0.2) is 0 Å². The number of nitrogens with one attached hydrogen (secondary N) is 1. The lowest BCUT2D eigenvalue weighted by molar-refractivity contribution is 0.0190. The van der Waals surface area contributed by atoms with Gasteiger partial charge in [-0.25, -0.2) is 0 Å². The van der Waals surface area contributed by atoms with E-state index in [2.05, 4.69) is 42.4 Å². The molecule has 0 aromatic heterocycles. The second-order valence-corrected chi connectivity index (χ2v) is 6.80. The molecule has 3 rings (SSSR count). The molecule has 116 valence electrons. The molecule has 0 unspecified atom stereocenters. The van der Waals surface area contributed by atoms with Crippen molar-refractivity contribution in [3.8, 4) is 0 Å². The Morgan fingerprint density at radius 3 is 2.86 bits per heavy atom. The highest BCUT2D eigenvalue weighted by molar-refractivity contribution is 5.57. The van der Waals surface area contributed by atoms with Crippen molar-refractivity contribution in [2.75, 3.05) is 44.8 Å². The average Bonchev–Trinajstić information content (AvgIpc) is 2.48. The van der Waals surface area contributed by atoms with Crippen LogP contribution in [0.3, 0.4) is 0 Å². The second-order valence-electron chi connectivity index (χ2n) is 6.80. The van der Waals surface area contributed by atoms with Crippen LogP contribution in [0, 0.1) is 12.3 Å². The summed E-state index contributed by atoms with van der Waals surface area (Å²) in [5.41, 5.74) is 4.75. The lowest BCUT2D eigenvalue weighted by atomic mass is 9.79. The van der Waals surface area contributed by atoms with Crippen LogP contribution < -0.4 is 10.2 Å². The molecule has 1 N–H and O–H groups in total. The van der Waals surface area contributed by atoms with Gasteiger partial charge in [0.25, 0.3) is 0 Å². The minimum absolute atomic E-state index is 0.368. The molecule has 2 aliphatic heterocycles. The zero-order chi connectivity index (χ0) is 14.7. The Morgan fingerprint density at radius 2 is 2.10 bits per heavy atom. The van der Waals surface area contributed by atoms with Gasteiger partial charge in [-0.2, -0.15) is 0 Å². The van der Waals surface area contributed by atoms with E-state index in [1.807, 2.05) is 0 Å². The molecule has 0 saturated carbocycles. The molecular weight excluding hydrogens is 260 g/mol. The first-order chi connectivity index (χ1) is 10.2. The van der Waals surface area contributed by atoms with Gasteiger partial charge in [0.1, 0.15) is 0 Å². The molecule has 2 aliphatic rings. The summed E-state index contributed by atoms with van der Waals surface area (Å²) < 4.78 is 5.60. The number of hydrogen-bond donors (Lipinski definition) is 1. The first kappa shape index (κ1) is 14.9. The van der Waals surface area contributed by atoms with Crippen LogP contribution in [0.15, 0.2) is 18.2 Å². The fourth-order valence-corrected chi connectivity index (χ4v) is 3.94. The molecule has 0 amide bonds. The number of benzene rings is 1. The summed E-state index contributed by atoms with van der Waals surface area (Å²) in [5.74, 6) is 0. The largest absolute Gasteiger partial charge is 0.381 e. The van der Waals surface area contributed by atoms with Gasteiger partial charge in [0.2, 0.25) is 0 Å². The van der Waals surface area contributed by atoms with Gasteiger partial charge in [0, 0.05) is 44.0 Å². The van der Waals surface area contributed by atoms with Crippen molar-refractivity contribution in [2.24, 2.45) is 5.41 Å². The van der Waals surface area contributed by atoms with Crippen LogP contribution >= 0.6 is 0 Å². The maximum atomic E-state index is 5.60. The van der Waals surface area contributed by atoms with Crippen molar-refractivity contribution in [3.05, 3.63) is 29.3 Å². The summed E-state index contributed by atoms with van der Waals surface area (Å²) in [5, 5.41) is 3.42. The number of fused-ring (bicyclic) bond motifs is 1. The van der Waals surface area contributed by atoms with Gasteiger partial charge in [0.05, 0.1) is 0 Å². The quantitative estimate of drug-likeness (QED) is 0.922. The van der Waals surface area contributed by atoms with Crippen LogP contribution in [-0.4, -0.2) is 39.9 Å². The van der Waals surface area contributed by atoms with E-state index in [1.54, 1.807) is 0 Å². The maximum Gasteiger partial charge on any atom is 0.0472 e. The molecule has 0 bridgehead atoms. The molecule has 0 aliphatic carbocycles. The first-order valence-electron chi connectivity index (χ1n) is 8.29. The third-order valence-corrected chi connectivity index (χ3v) is 5.08. The summed E-state index contributed by atoms with van der Waals surface area (Å²) >= 11 is 0. The van der Waals surface area contributed by atoms with E-state index in [4.69, 9.17) is 4.74 Å². The Morgan fingerprint density at radius 1 is 1.29 bits per heavy atom. The Balaban J connectivity index is 1.81. The summed E-state index contributed by atoms with van der Waals surface area (Å²) in [4.78, 5) is 2.63. The van der Waals surface area contributed by atoms with Crippen molar-refractivity contribution < 1.29 is 4.74 Å². The maximum absolute atomic E-state index is 5.60. The number of aryl methyl sites for hydroxylation is 2. The first-order valence-corrected chi connectivity index (χ1v) is 8.29. The number of anilines is 1. The molecule has 1 fully saturated rings. The van der Waals surface area contributed by atoms with E-state index < -0.39 is 0 Å².